The number of amides is 1. The monoisotopic (exact) mass is 381 g/mol. The highest BCUT2D eigenvalue weighted by Crippen LogP contribution is 2.18. The molecule has 0 bridgehead atoms. The van der Waals surface area contributed by atoms with E-state index in [1.165, 1.54) is 6.07 Å². The lowest BCUT2D eigenvalue weighted by Crippen LogP contribution is -2.39. The molecule has 0 aliphatic rings. The molecule has 0 aliphatic heterocycles. The second-order valence-corrected chi connectivity index (χ2v) is 6.95. The van der Waals surface area contributed by atoms with Gasteiger partial charge in [0.25, 0.3) is 5.91 Å². The number of thioether (sulfide) groups is 1. The predicted molar refractivity (Wildman–Crippen MR) is 102 cm³/mol. The lowest BCUT2D eigenvalue weighted by atomic mass is 10.2. The van der Waals surface area contributed by atoms with Crippen molar-refractivity contribution in [2.75, 3.05) is 12.3 Å². The van der Waals surface area contributed by atoms with Gasteiger partial charge in [-0.2, -0.15) is 11.8 Å². The maximum atomic E-state index is 13.5. The summed E-state index contributed by atoms with van der Waals surface area (Å²) in [6, 6.07) is 13.6. The van der Waals surface area contributed by atoms with E-state index < -0.39 is 6.10 Å². The fraction of sp³-hybridized carbons (Fsp3) is 0.316. The highest BCUT2D eigenvalue weighted by Gasteiger charge is 2.17. The number of carbonyl (C=O) groups excluding carboxylic acids is 1. The van der Waals surface area contributed by atoms with Crippen LogP contribution in [0, 0.1) is 5.82 Å². The molecule has 25 heavy (non-hydrogen) atoms. The smallest absolute Gasteiger partial charge is 0.261 e. The van der Waals surface area contributed by atoms with Crippen molar-refractivity contribution < 1.29 is 13.9 Å². The lowest BCUT2D eigenvalue weighted by molar-refractivity contribution is -0.127. The van der Waals surface area contributed by atoms with E-state index >= 15 is 0 Å². The molecule has 0 heterocycles. The summed E-state index contributed by atoms with van der Waals surface area (Å²) in [5, 5.41) is 3.48. The predicted octanol–water partition coefficient (Wildman–Crippen LogP) is 4.69. The highest BCUT2D eigenvalue weighted by atomic mass is 35.5. The van der Waals surface area contributed by atoms with Gasteiger partial charge in [0.05, 0.1) is 0 Å². The van der Waals surface area contributed by atoms with Gasteiger partial charge in [0, 0.05) is 23.1 Å². The van der Waals surface area contributed by atoms with Crippen molar-refractivity contribution in [2.24, 2.45) is 0 Å². The minimum atomic E-state index is -0.544. The SMILES string of the molecule is CC[C@H](Oc1ccc(Cl)cc1)C(=O)NCCSCc1ccccc1F. The molecule has 1 atom stereocenters. The third kappa shape index (κ3) is 6.59. The molecule has 2 rings (SSSR count). The molecule has 0 fully saturated rings. The first-order valence-corrected chi connectivity index (χ1v) is 9.64. The van der Waals surface area contributed by atoms with E-state index in [9.17, 15) is 9.18 Å². The van der Waals surface area contributed by atoms with E-state index in [1.807, 2.05) is 13.0 Å². The van der Waals surface area contributed by atoms with Gasteiger partial charge in [-0.1, -0.05) is 36.7 Å². The van der Waals surface area contributed by atoms with Crippen LogP contribution in [0.3, 0.4) is 0 Å². The Morgan fingerprint density at radius 3 is 2.64 bits per heavy atom. The Bertz CT molecular complexity index is 681. The Kier molecular flexibility index (Phi) is 8.09. The average Bonchev–Trinajstić information content (AvgIpc) is 2.62. The van der Waals surface area contributed by atoms with Crippen LogP contribution < -0.4 is 10.1 Å². The van der Waals surface area contributed by atoms with E-state index in [0.717, 1.165) is 0 Å². The summed E-state index contributed by atoms with van der Waals surface area (Å²) in [7, 11) is 0. The second kappa shape index (κ2) is 10.3. The number of ether oxygens (including phenoxy) is 1. The van der Waals surface area contributed by atoms with Crippen molar-refractivity contribution >= 4 is 29.3 Å². The molecule has 2 aromatic rings. The number of nitrogens with one attached hydrogen (secondary N) is 1. The molecule has 1 amide bonds. The summed E-state index contributed by atoms with van der Waals surface area (Å²) in [5.41, 5.74) is 0.677. The zero-order valence-electron chi connectivity index (χ0n) is 14.0. The van der Waals surface area contributed by atoms with Crippen molar-refractivity contribution in [1.29, 1.82) is 0 Å². The van der Waals surface area contributed by atoms with Gasteiger partial charge in [-0.25, -0.2) is 4.39 Å². The third-order valence-corrected chi connectivity index (χ3v) is 4.78. The summed E-state index contributed by atoms with van der Waals surface area (Å²) >= 11 is 7.41. The molecule has 1 N–H and O–H groups in total. The van der Waals surface area contributed by atoms with Gasteiger partial charge in [-0.05, 0) is 42.3 Å². The van der Waals surface area contributed by atoms with Crippen LogP contribution in [0.5, 0.6) is 5.75 Å². The number of hydrogen-bond donors (Lipinski definition) is 1. The van der Waals surface area contributed by atoms with Crippen LogP contribution >= 0.6 is 23.4 Å². The molecular formula is C19H21ClFNO2S. The Morgan fingerprint density at radius 1 is 1.24 bits per heavy atom. The fourth-order valence-corrected chi connectivity index (χ4v) is 3.13. The van der Waals surface area contributed by atoms with Gasteiger partial charge in [-0.3, -0.25) is 4.79 Å². The molecule has 0 saturated carbocycles. The normalized spacial score (nSPS) is 11.8. The van der Waals surface area contributed by atoms with Crippen LogP contribution in [0.25, 0.3) is 0 Å². The van der Waals surface area contributed by atoms with Crippen LogP contribution in [-0.4, -0.2) is 24.3 Å². The largest absolute Gasteiger partial charge is 0.481 e. The molecule has 0 spiro atoms. The summed E-state index contributed by atoms with van der Waals surface area (Å²) in [6.07, 6.45) is 0.0225. The lowest BCUT2D eigenvalue weighted by Gasteiger charge is -2.17. The molecule has 0 saturated heterocycles. The van der Waals surface area contributed by atoms with Gasteiger partial charge in [-0.15, -0.1) is 0 Å². The van der Waals surface area contributed by atoms with Gasteiger partial charge >= 0.3 is 0 Å². The maximum Gasteiger partial charge on any atom is 0.261 e. The third-order valence-electron chi connectivity index (χ3n) is 3.52. The number of hydrogen-bond acceptors (Lipinski definition) is 3. The molecule has 0 unspecified atom stereocenters. The molecular weight excluding hydrogens is 361 g/mol. The van der Waals surface area contributed by atoms with E-state index in [0.29, 0.717) is 40.8 Å². The zero-order chi connectivity index (χ0) is 18.1. The molecule has 0 aromatic heterocycles. The van der Waals surface area contributed by atoms with Crippen LogP contribution in [0.15, 0.2) is 48.5 Å². The minimum Gasteiger partial charge on any atom is -0.481 e. The molecule has 6 heteroatoms. The first-order chi connectivity index (χ1) is 12.1. The number of benzene rings is 2. The summed E-state index contributed by atoms with van der Waals surface area (Å²) in [6.45, 7) is 2.41. The first kappa shape index (κ1) is 19.6. The van der Waals surface area contributed by atoms with Crippen molar-refractivity contribution in [2.45, 2.75) is 25.2 Å². The van der Waals surface area contributed by atoms with E-state index in [-0.39, 0.29) is 11.7 Å². The molecule has 0 radical (unpaired) electrons. The Labute approximate surface area is 156 Å². The first-order valence-electron chi connectivity index (χ1n) is 8.11. The summed E-state index contributed by atoms with van der Waals surface area (Å²) in [5.74, 6) is 1.56. The number of carbonyl (C=O) groups is 1. The van der Waals surface area contributed by atoms with Gasteiger partial charge < -0.3 is 10.1 Å². The molecule has 0 aliphatic carbocycles. The van der Waals surface area contributed by atoms with Crippen LogP contribution in [0.1, 0.15) is 18.9 Å². The Balaban J connectivity index is 1.71. The minimum absolute atomic E-state index is 0.149. The Hall–Kier alpha value is -1.72. The van der Waals surface area contributed by atoms with Crippen LogP contribution in [-0.2, 0) is 10.5 Å². The quantitative estimate of drug-likeness (QED) is 0.640. The molecule has 3 nitrogen and oxygen atoms in total. The standard InChI is InChI=1S/C19H21ClFNO2S/c1-2-18(24-16-9-7-15(20)8-10-16)19(23)22-11-12-25-13-14-5-3-4-6-17(14)21/h3-10,18H,2,11-13H2,1H3,(H,22,23)/t18-/m0/s1. The van der Waals surface area contributed by atoms with E-state index in [2.05, 4.69) is 5.32 Å². The Morgan fingerprint density at radius 2 is 1.96 bits per heavy atom. The van der Waals surface area contributed by atoms with Crippen molar-refractivity contribution in [3.05, 3.63) is 64.9 Å². The van der Waals surface area contributed by atoms with Crippen LogP contribution in [0.4, 0.5) is 4.39 Å². The maximum absolute atomic E-state index is 13.5. The van der Waals surface area contributed by atoms with Crippen molar-refractivity contribution in [3.63, 3.8) is 0 Å². The molecule has 134 valence electrons. The summed E-state index contributed by atoms with van der Waals surface area (Å²) < 4.78 is 19.2. The van der Waals surface area contributed by atoms with Crippen molar-refractivity contribution in [3.8, 4) is 5.75 Å². The van der Waals surface area contributed by atoms with Gasteiger partial charge in [0.1, 0.15) is 11.6 Å². The zero-order valence-corrected chi connectivity index (χ0v) is 15.6. The van der Waals surface area contributed by atoms with Crippen LogP contribution in [0.2, 0.25) is 5.02 Å². The summed E-state index contributed by atoms with van der Waals surface area (Å²) in [4.78, 5) is 12.2. The van der Waals surface area contributed by atoms with Crippen molar-refractivity contribution in [1.82, 2.24) is 5.32 Å². The second-order valence-electron chi connectivity index (χ2n) is 5.40. The highest BCUT2D eigenvalue weighted by molar-refractivity contribution is 7.98. The van der Waals surface area contributed by atoms with Gasteiger partial charge in [0.2, 0.25) is 0 Å². The molecule has 2 aromatic carbocycles. The van der Waals surface area contributed by atoms with E-state index in [1.54, 1.807) is 48.2 Å². The number of rotatable bonds is 9. The topological polar surface area (TPSA) is 38.3 Å². The average molecular weight is 382 g/mol. The number of halogens is 2. The van der Waals surface area contributed by atoms with E-state index in [4.69, 9.17) is 16.3 Å². The van der Waals surface area contributed by atoms with Gasteiger partial charge in [0.15, 0.2) is 6.10 Å². The fourth-order valence-electron chi connectivity index (χ4n) is 2.16.